The predicted octanol–water partition coefficient (Wildman–Crippen LogP) is 4.27. The average molecular weight is 499 g/mol. The van der Waals surface area contributed by atoms with E-state index >= 15 is 0 Å². The molecule has 9 heteroatoms. The van der Waals surface area contributed by atoms with Gasteiger partial charge in [0.15, 0.2) is 0 Å². The van der Waals surface area contributed by atoms with Crippen LogP contribution in [0.5, 0.6) is 0 Å². The van der Waals surface area contributed by atoms with E-state index in [1.807, 2.05) is 18.2 Å². The third-order valence-corrected chi connectivity index (χ3v) is 8.48. The molecular formula is C25H26ClN3O4P+. The molecule has 1 unspecified atom stereocenters. The quantitative estimate of drug-likeness (QED) is 0.201. The van der Waals surface area contributed by atoms with E-state index < -0.39 is 13.3 Å². The van der Waals surface area contributed by atoms with Gasteiger partial charge in [-0.25, -0.2) is 0 Å². The van der Waals surface area contributed by atoms with Gasteiger partial charge in [-0.15, -0.1) is 0 Å². The van der Waals surface area contributed by atoms with Crippen LogP contribution in [0, 0.1) is 0 Å². The number of nitrogens with one attached hydrogen (secondary N) is 2. The zero-order valence-electron chi connectivity index (χ0n) is 19.1. The number of nitrogens with zero attached hydrogens (tertiary/aromatic N) is 1. The van der Waals surface area contributed by atoms with Crippen molar-refractivity contribution >= 4 is 46.4 Å². The molecule has 0 aliphatic carbocycles. The highest BCUT2D eigenvalue weighted by Gasteiger charge is 2.36. The number of aromatic amines is 1. The Labute approximate surface area is 202 Å². The van der Waals surface area contributed by atoms with E-state index in [2.05, 4.69) is 24.1 Å². The van der Waals surface area contributed by atoms with Crippen molar-refractivity contribution in [2.45, 2.75) is 26.3 Å². The van der Waals surface area contributed by atoms with Gasteiger partial charge in [0.1, 0.15) is 5.69 Å². The molecular weight excluding hydrogens is 473 g/mol. The second-order valence-electron chi connectivity index (χ2n) is 8.29. The van der Waals surface area contributed by atoms with E-state index in [1.54, 1.807) is 36.4 Å². The van der Waals surface area contributed by atoms with Crippen LogP contribution in [-0.2, 0) is 15.6 Å². The highest BCUT2D eigenvalue weighted by molar-refractivity contribution is 7.75. The number of pyridine rings is 1. The molecule has 4 rings (SSSR count). The van der Waals surface area contributed by atoms with Crippen LogP contribution in [0.3, 0.4) is 0 Å². The van der Waals surface area contributed by atoms with Crippen LogP contribution in [0.2, 0.25) is 5.02 Å². The lowest BCUT2D eigenvalue weighted by Crippen LogP contribution is -2.31. The number of hydrogen-bond donors (Lipinski definition) is 3. The van der Waals surface area contributed by atoms with E-state index in [0.29, 0.717) is 21.2 Å². The van der Waals surface area contributed by atoms with Gasteiger partial charge in [-0.05, 0) is 47.4 Å². The maximum atomic E-state index is 14.5. The third kappa shape index (κ3) is 4.60. The number of amides is 1. The minimum Gasteiger partial charge on any atom is -0.350 e. The number of carbonyl (C=O) groups excluding carboxylic acids is 1. The van der Waals surface area contributed by atoms with E-state index in [0.717, 1.165) is 15.9 Å². The standard InChI is InChI=1S/C25H25ClN3O4P/c1-16(2)18-5-4-6-20(13-18)34(32,33-3)24-21-14-19(26)7-8-22(21)28-23(24)25(30)27-15-17-9-11-29(31)12-10-17/h4-14,16H,15H2,1-3H3,(H2-,27,28,30,31,32)/p+1. The molecule has 3 N–H and O–H groups in total. The topological polar surface area (TPSA) is 95.3 Å². The first-order chi connectivity index (χ1) is 16.2. The van der Waals surface area contributed by atoms with Gasteiger partial charge < -0.3 is 14.8 Å². The molecule has 0 aliphatic rings. The molecule has 0 radical (unpaired) electrons. The molecule has 0 saturated carbocycles. The highest BCUT2D eigenvalue weighted by Crippen LogP contribution is 2.47. The summed E-state index contributed by atoms with van der Waals surface area (Å²) in [4.78, 5) is 16.4. The van der Waals surface area contributed by atoms with Gasteiger partial charge in [-0.2, -0.15) is 0 Å². The normalized spacial score (nSPS) is 13.2. The van der Waals surface area contributed by atoms with Gasteiger partial charge in [-0.3, -0.25) is 14.6 Å². The van der Waals surface area contributed by atoms with Crippen LogP contribution < -0.4 is 20.7 Å². The lowest BCUT2D eigenvalue weighted by Gasteiger charge is -2.19. The minimum atomic E-state index is -3.67. The summed E-state index contributed by atoms with van der Waals surface area (Å²) in [7, 11) is -2.28. The smallest absolute Gasteiger partial charge is 0.268 e. The van der Waals surface area contributed by atoms with Gasteiger partial charge in [-0.1, -0.05) is 37.6 Å². The van der Waals surface area contributed by atoms with Crippen LogP contribution >= 0.6 is 19.0 Å². The molecule has 176 valence electrons. The van der Waals surface area contributed by atoms with Crippen molar-refractivity contribution < 1.29 is 23.8 Å². The Balaban J connectivity index is 1.83. The van der Waals surface area contributed by atoms with Crippen molar-refractivity contribution in [1.29, 1.82) is 0 Å². The Bertz CT molecular complexity index is 1400. The summed E-state index contributed by atoms with van der Waals surface area (Å²) < 4.78 is 21.1. The highest BCUT2D eigenvalue weighted by atomic mass is 35.5. The predicted molar refractivity (Wildman–Crippen MR) is 133 cm³/mol. The Morgan fingerprint density at radius 3 is 2.59 bits per heavy atom. The lowest BCUT2D eigenvalue weighted by molar-refractivity contribution is -0.904. The molecule has 0 saturated heterocycles. The fourth-order valence-corrected chi connectivity index (χ4v) is 6.23. The van der Waals surface area contributed by atoms with Gasteiger partial charge in [0, 0.05) is 51.7 Å². The van der Waals surface area contributed by atoms with Crippen LogP contribution in [0.4, 0.5) is 0 Å². The zero-order valence-corrected chi connectivity index (χ0v) is 20.7. The molecule has 34 heavy (non-hydrogen) atoms. The van der Waals surface area contributed by atoms with Crippen molar-refractivity contribution in [2.24, 2.45) is 0 Å². The number of hydrogen-bond acceptors (Lipinski definition) is 4. The van der Waals surface area contributed by atoms with Gasteiger partial charge >= 0.3 is 0 Å². The number of benzene rings is 2. The first kappa shape index (κ1) is 24.0. The number of carbonyl (C=O) groups is 1. The van der Waals surface area contributed by atoms with E-state index in [1.165, 1.54) is 19.5 Å². The second kappa shape index (κ2) is 9.63. The largest absolute Gasteiger partial charge is 0.350 e. The molecule has 0 fully saturated rings. The molecule has 4 aromatic rings. The van der Waals surface area contributed by atoms with Gasteiger partial charge in [0.2, 0.25) is 12.4 Å². The first-order valence-electron chi connectivity index (χ1n) is 10.8. The molecule has 0 aliphatic heterocycles. The summed E-state index contributed by atoms with van der Waals surface area (Å²) in [5.41, 5.74) is 2.59. The minimum absolute atomic E-state index is 0.158. The monoisotopic (exact) mass is 498 g/mol. The number of rotatable bonds is 7. The summed E-state index contributed by atoms with van der Waals surface area (Å²) in [6.07, 6.45) is 2.94. The number of fused-ring (bicyclic) bond motifs is 1. The Morgan fingerprint density at radius 1 is 1.18 bits per heavy atom. The molecule has 2 heterocycles. The van der Waals surface area contributed by atoms with Crippen LogP contribution in [0.25, 0.3) is 10.9 Å². The average Bonchev–Trinajstić information content (AvgIpc) is 3.22. The van der Waals surface area contributed by atoms with Crippen molar-refractivity contribution in [3.63, 3.8) is 0 Å². The molecule has 0 spiro atoms. The summed E-state index contributed by atoms with van der Waals surface area (Å²) in [5.74, 6) is -0.200. The van der Waals surface area contributed by atoms with Crippen molar-refractivity contribution in [3.05, 3.63) is 88.8 Å². The molecule has 1 atom stereocenters. The molecule has 1 amide bonds. The SMILES string of the molecule is COP(=O)(c1cccc(C(C)C)c1)c1c(C(=O)NCc2cc[n+](O)cc2)[nH]c2ccc(Cl)cc12. The van der Waals surface area contributed by atoms with Crippen LogP contribution in [-0.4, -0.2) is 23.2 Å². The Kier molecular flexibility index (Phi) is 6.80. The van der Waals surface area contributed by atoms with Crippen LogP contribution in [0.15, 0.2) is 67.0 Å². The van der Waals surface area contributed by atoms with E-state index in [9.17, 15) is 14.6 Å². The zero-order chi connectivity index (χ0) is 24.5. The fraction of sp³-hybridized carbons (Fsp3) is 0.200. The van der Waals surface area contributed by atoms with E-state index in [-0.39, 0.29) is 23.5 Å². The van der Waals surface area contributed by atoms with Gasteiger partial charge in [0.25, 0.3) is 13.3 Å². The lowest BCUT2D eigenvalue weighted by atomic mass is 10.0. The van der Waals surface area contributed by atoms with E-state index in [4.69, 9.17) is 16.1 Å². The summed E-state index contributed by atoms with van der Waals surface area (Å²) >= 11 is 6.27. The second-order valence-corrected chi connectivity index (χ2v) is 11.2. The summed E-state index contributed by atoms with van der Waals surface area (Å²) in [6, 6.07) is 16.0. The molecule has 2 aromatic heterocycles. The van der Waals surface area contributed by atoms with Crippen molar-refractivity contribution in [3.8, 4) is 0 Å². The number of halogens is 1. The third-order valence-electron chi connectivity index (χ3n) is 5.72. The molecule has 7 nitrogen and oxygen atoms in total. The maximum absolute atomic E-state index is 14.5. The van der Waals surface area contributed by atoms with Crippen LogP contribution in [0.1, 0.15) is 41.4 Å². The summed E-state index contributed by atoms with van der Waals surface area (Å²) in [5, 5.41) is 14.1. The fourth-order valence-electron chi connectivity index (χ4n) is 3.85. The Hall–Kier alpha value is -3.12. The molecule has 2 aromatic carbocycles. The summed E-state index contributed by atoms with van der Waals surface area (Å²) in [6.45, 7) is 4.33. The van der Waals surface area contributed by atoms with Gasteiger partial charge in [0.05, 0.1) is 5.30 Å². The Morgan fingerprint density at radius 2 is 1.91 bits per heavy atom. The number of aromatic nitrogens is 2. The van der Waals surface area contributed by atoms with Crippen molar-refractivity contribution in [2.75, 3.05) is 7.11 Å². The first-order valence-corrected chi connectivity index (χ1v) is 12.8. The maximum Gasteiger partial charge on any atom is 0.268 e. The molecule has 0 bridgehead atoms. The number of H-pyrrole nitrogens is 1. The van der Waals surface area contributed by atoms with Crippen molar-refractivity contribution in [1.82, 2.24) is 10.3 Å².